The minimum Gasteiger partial charge on any atom is -0.454 e. The number of nitrogens with two attached hydrogens (primary N) is 1. The Labute approximate surface area is 162 Å². The summed E-state index contributed by atoms with van der Waals surface area (Å²) in [5.74, 6) is 3.62. The summed E-state index contributed by atoms with van der Waals surface area (Å²) in [6, 6.07) is 12.3. The number of carbonyl (C=O) groups is 1. The van der Waals surface area contributed by atoms with Crippen LogP contribution in [0.2, 0.25) is 0 Å². The summed E-state index contributed by atoms with van der Waals surface area (Å²) in [5, 5.41) is 2.38. The van der Waals surface area contributed by atoms with E-state index < -0.39 is 0 Å². The van der Waals surface area contributed by atoms with E-state index in [4.69, 9.17) is 18.9 Å². The fourth-order valence-electron chi connectivity index (χ4n) is 5.25. The zero-order chi connectivity index (χ0) is 18.7. The van der Waals surface area contributed by atoms with Gasteiger partial charge < -0.3 is 24.3 Å². The predicted molar refractivity (Wildman–Crippen MR) is 98.4 cm³/mol. The number of hydrogen-bond acceptors (Lipinski definition) is 5. The molecule has 1 saturated heterocycles. The molecule has 2 fully saturated rings. The van der Waals surface area contributed by atoms with Gasteiger partial charge in [-0.25, -0.2) is 0 Å². The van der Waals surface area contributed by atoms with Gasteiger partial charge in [0.1, 0.15) is 12.1 Å². The molecule has 6 nitrogen and oxygen atoms in total. The first-order valence-corrected chi connectivity index (χ1v) is 9.96. The highest BCUT2D eigenvalue weighted by molar-refractivity contribution is 5.86. The Kier molecular flexibility index (Phi) is 3.56. The minimum absolute atomic E-state index is 0.0596. The molecule has 1 aliphatic carbocycles. The topological polar surface area (TPSA) is 70.6 Å². The molecule has 3 aliphatic heterocycles. The first-order chi connectivity index (χ1) is 13.8. The monoisotopic (exact) mass is 380 g/mol. The summed E-state index contributed by atoms with van der Waals surface area (Å²) in [6.45, 7) is 0.523. The van der Waals surface area contributed by atoms with Crippen LogP contribution in [0.5, 0.6) is 23.0 Å². The van der Waals surface area contributed by atoms with Crippen LogP contribution in [0.15, 0.2) is 36.4 Å². The molecule has 0 aromatic heterocycles. The van der Waals surface area contributed by atoms with Gasteiger partial charge >= 0.3 is 0 Å². The first kappa shape index (κ1) is 16.2. The molecule has 0 radical (unpaired) electrons. The number of benzene rings is 2. The van der Waals surface area contributed by atoms with Gasteiger partial charge in [0.05, 0.1) is 11.8 Å². The summed E-state index contributed by atoms with van der Waals surface area (Å²) in [4.78, 5) is 13.3. The highest BCUT2D eigenvalue weighted by Gasteiger charge is 2.50. The Bertz CT molecular complexity index is 884. The van der Waals surface area contributed by atoms with Gasteiger partial charge in [0, 0.05) is 11.1 Å². The van der Waals surface area contributed by atoms with E-state index in [-0.39, 0.29) is 37.5 Å². The number of carbonyl (C=O) groups excluding carboxylic acids is 1. The Hall–Kier alpha value is -2.73. The molecule has 3 heterocycles. The van der Waals surface area contributed by atoms with Gasteiger partial charge in [-0.1, -0.05) is 6.42 Å². The highest BCUT2D eigenvalue weighted by atomic mass is 16.7. The second-order valence-corrected chi connectivity index (χ2v) is 8.02. The van der Waals surface area contributed by atoms with Crippen molar-refractivity contribution in [3.63, 3.8) is 0 Å². The normalized spacial score (nSPS) is 29.8. The lowest BCUT2D eigenvalue weighted by Crippen LogP contribution is -2.92. The average Bonchev–Trinajstić information content (AvgIpc) is 3.36. The van der Waals surface area contributed by atoms with E-state index in [2.05, 4.69) is 17.4 Å². The maximum Gasteiger partial charge on any atom is 0.231 e. The van der Waals surface area contributed by atoms with Gasteiger partial charge in [0.25, 0.3) is 0 Å². The van der Waals surface area contributed by atoms with Crippen LogP contribution in [-0.4, -0.2) is 19.4 Å². The first-order valence-electron chi connectivity index (χ1n) is 9.96. The van der Waals surface area contributed by atoms with Crippen molar-refractivity contribution in [2.24, 2.45) is 11.8 Å². The number of Topliss-reactive ketones (excluding diaryl/α,β-unsaturated/α-hetero) is 1. The third-order valence-corrected chi connectivity index (χ3v) is 6.61. The van der Waals surface area contributed by atoms with Crippen LogP contribution in [0.3, 0.4) is 0 Å². The van der Waals surface area contributed by atoms with E-state index in [0.717, 1.165) is 53.4 Å². The van der Waals surface area contributed by atoms with Crippen molar-refractivity contribution in [1.82, 2.24) is 0 Å². The number of hydrogen-bond donors (Lipinski definition) is 1. The summed E-state index contributed by atoms with van der Waals surface area (Å²) >= 11 is 0. The zero-order valence-electron chi connectivity index (χ0n) is 15.4. The molecule has 0 unspecified atom stereocenters. The fraction of sp³-hybridized carbons (Fsp3) is 0.409. The number of ether oxygens (including phenoxy) is 4. The van der Waals surface area contributed by atoms with Crippen molar-refractivity contribution in [3.8, 4) is 23.0 Å². The zero-order valence-corrected chi connectivity index (χ0v) is 15.4. The van der Waals surface area contributed by atoms with Crippen LogP contribution in [0, 0.1) is 11.8 Å². The quantitative estimate of drug-likeness (QED) is 0.867. The van der Waals surface area contributed by atoms with Crippen molar-refractivity contribution in [2.45, 2.75) is 31.3 Å². The maximum absolute atomic E-state index is 13.3. The second kappa shape index (κ2) is 6.14. The van der Waals surface area contributed by atoms with Crippen LogP contribution >= 0.6 is 0 Å². The van der Waals surface area contributed by atoms with Gasteiger partial charge in [-0.2, -0.15) is 0 Å². The molecule has 0 spiro atoms. The molecule has 4 atom stereocenters. The molecule has 6 rings (SSSR count). The number of piperidine rings is 1. The van der Waals surface area contributed by atoms with Crippen LogP contribution in [0.25, 0.3) is 0 Å². The summed E-state index contributed by atoms with van der Waals surface area (Å²) in [6.07, 6.45) is 3.01. The van der Waals surface area contributed by atoms with Crippen molar-refractivity contribution < 1.29 is 29.1 Å². The standard InChI is InChI=1S/C22H21NO5/c24-22-14-2-1-3-15(22)21(13-5-7-17-19(9-13)28-11-26-17)23-20(14)12-4-6-16-18(8-12)27-10-25-16/h4-9,14-15,20-21,23H,1-3,10-11H2/p+1/t14-,15-,20-,21+/m1/s1. The smallest absolute Gasteiger partial charge is 0.231 e. The van der Waals surface area contributed by atoms with Gasteiger partial charge in [-0.05, 0) is 49.2 Å². The molecule has 2 N–H and O–H groups in total. The number of fused-ring (bicyclic) bond motifs is 4. The highest BCUT2D eigenvalue weighted by Crippen LogP contribution is 2.44. The summed E-state index contributed by atoms with van der Waals surface area (Å²) in [7, 11) is 0. The Morgan fingerprint density at radius 1 is 0.714 bits per heavy atom. The van der Waals surface area contributed by atoms with Crippen LogP contribution in [-0.2, 0) is 4.79 Å². The van der Waals surface area contributed by atoms with E-state index in [9.17, 15) is 4.79 Å². The predicted octanol–water partition coefficient (Wildman–Crippen LogP) is 2.49. The van der Waals surface area contributed by atoms with E-state index in [0.29, 0.717) is 5.78 Å². The minimum atomic E-state index is 0.0596. The van der Waals surface area contributed by atoms with Crippen molar-refractivity contribution in [3.05, 3.63) is 47.5 Å². The molecule has 6 heteroatoms. The molecule has 0 amide bonds. The number of quaternary nitrogens is 1. The van der Waals surface area contributed by atoms with E-state index in [1.165, 1.54) is 0 Å². The molecule has 2 bridgehead atoms. The average molecular weight is 380 g/mol. The van der Waals surface area contributed by atoms with Crippen LogP contribution < -0.4 is 24.3 Å². The van der Waals surface area contributed by atoms with Crippen molar-refractivity contribution in [2.75, 3.05) is 13.6 Å². The summed E-state index contributed by atoms with van der Waals surface area (Å²) < 4.78 is 22.0. The third kappa shape index (κ3) is 2.41. The van der Waals surface area contributed by atoms with Gasteiger partial charge in [0.15, 0.2) is 28.8 Å². The lowest BCUT2D eigenvalue weighted by molar-refractivity contribution is -0.750. The lowest BCUT2D eigenvalue weighted by Gasteiger charge is -2.42. The largest absolute Gasteiger partial charge is 0.454 e. The van der Waals surface area contributed by atoms with Crippen molar-refractivity contribution >= 4 is 5.78 Å². The number of ketones is 1. The van der Waals surface area contributed by atoms with E-state index >= 15 is 0 Å². The molecule has 4 aliphatic rings. The van der Waals surface area contributed by atoms with E-state index in [1.54, 1.807) is 0 Å². The second-order valence-electron chi connectivity index (χ2n) is 8.02. The van der Waals surface area contributed by atoms with Gasteiger partial charge in [-0.15, -0.1) is 0 Å². The molecule has 1 saturated carbocycles. The molecule has 144 valence electrons. The SMILES string of the molecule is O=C1[C@@H]2CCC[C@@H]1[C@H](c1ccc3c(c1)OCO3)[NH2+][C@@H]2c1ccc2c(c1)OCO2. The van der Waals surface area contributed by atoms with Crippen LogP contribution in [0.4, 0.5) is 0 Å². The molecular formula is C22H22NO5+. The molecule has 2 aromatic rings. The lowest BCUT2D eigenvalue weighted by atomic mass is 9.67. The maximum atomic E-state index is 13.3. The van der Waals surface area contributed by atoms with E-state index in [1.807, 2.05) is 24.3 Å². The van der Waals surface area contributed by atoms with Gasteiger partial charge in [0.2, 0.25) is 13.6 Å². The third-order valence-electron chi connectivity index (χ3n) is 6.61. The van der Waals surface area contributed by atoms with Gasteiger partial charge in [-0.3, -0.25) is 4.79 Å². The Morgan fingerprint density at radius 2 is 1.21 bits per heavy atom. The molecular weight excluding hydrogens is 358 g/mol. The van der Waals surface area contributed by atoms with Crippen molar-refractivity contribution in [1.29, 1.82) is 0 Å². The summed E-state index contributed by atoms with van der Waals surface area (Å²) in [5.41, 5.74) is 2.27. The van der Waals surface area contributed by atoms with Crippen LogP contribution in [0.1, 0.15) is 42.5 Å². The fourth-order valence-corrected chi connectivity index (χ4v) is 5.25. The molecule has 28 heavy (non-hydrogen) atoms. The number of rotatable bonds is 2. The molecule has 2 aromatic carbocycles. The Balaban J connectivity index is 1.38. The Morgan fingerprint density at radius 3 is 1.75 bits per heavy atom.